The molecule has 154 valence electrons. The number of fused-ring (bicyclic) bond motifs is 1. The lowest BCUT2D eigenvalue weighted by Gasteiger charge is -2.34. The summed E-state index contributed by atoms with van der Waals surface area (Å²) in [6.45, 7) is 7.80. The molecule has 0 saturated carbocycles. The van der Waals surface area contributed by atoms with Crippen LogP contribution in [0.25, 0.3) is 10.9 Å². The Morgan fingerprint density at radius 2 is 1.86 bits per heavy atom. The van der Waals surface area contributed by atoms with Gasteiger partial charge in [-0.05, 0) is 18.1 Å². The van der Waals surface area contributed by atoms with Crippen LogP contribution in [0.2, 0.25) is 0 Å². The molecule has 0 aliphatic carbocycles. The molecule has 2 aromatic rings. The number of carbonyl (C=O) groups is 1. The van der Waals surface area contributed by atoms with Gasteiger partial charge in [-0.25, -0.2) is 0 Å². The van der Waals surface area contributed by atoms with E-state index in [1.165, 1.54) is 16.5 Å². The Hall–Kier alpha value is -1.81. The number of carbonyl (C=O) groups excluding carboxylic acids is 1. The first-order valence-electron chi connectivity index (χ1n) is 9.65. The van der Waals surface area contributed by atoms with Crippen molar-refractivity contribution in [3.05, 3.63) is 36.0 Å². The number of aliphatic imine (C=N–C) groups is 1. The van der Waals surface area contributed by atoms with Crippen molar-refractivity contribution in [2.45, 2.75) is 13.3 Å². The van der Waals surface area contributed by atoms with Crippen molar-refractivity contribution in [2.75, 3.05) is 52.9 Å². The zero-order chi connectivity index (χ0) is 19.1. The number of para-hydroxylation sites is 1. The second-order valence-corrected chi connectivity index (χ2v) is 6.88. The Morgan fingerprint density at radius 3 is 2.57 bits per heavy atom. The topological polar surface area (TPSA) is 75.8 Å². The second-order valence-electron chi connectivity index (χ2n) is 6.88. The highest BCUT2D eigenvalue weighted by molar-refractivity contribution is 14.0. The summed E-state index contributed by atoms with van der Waals surface area (Å²) >= 11 is 0. The minimum absolute atomic E-state index is 0. The lowest BCUT2D eigenvalue weighted by Crippen LogP contribution is -2.50. The number of hydrogen-bond donors (Lipinski definition) is 3. The quantitative estimate of drug-likeness (QED) is 0.322. The number of amides is 1. The van der Waals surface area contributed by atoms with E-state index in [-0.39, 0.29) is 29.9 Å². The Morgan fingerprint density at radius 1 is 1.14 bits per heavy atom. The van der Waals surface area contributed by atoms with E-state index in [1.54, 1.807) is 14.0 Å². The van der Waals surface area contributed by atoms with Gasteiger partial charge in [-0.1, -0.05) is 18.2 Å². The lowest BCUT2D eigenvalue weighted by atomic mass is 10.1. The summed E-state index contributed by atoms with van der Waals surface area (Å²) in [7, 11) is 1.80. The molecule has 0 unspecified atom stereocenters. The number of nitrogens with zero attached hydrogens (tertiary/aromatic N) is 3. The van der Waals surface area contributed by atoms with E-state index in [9.17, 15) is 4.79 Å². The molecular weight excluding hydrogens is 467 g/mol. The predicted octanol–water partition coefficient (Wildman–Crippen LogP) is 1.66. The number of halogens is 1. The zero-order valence-electron chi connectivity index (χ0n) is 16.7. The fraction of sp³-hybridized carbons (Fsp3) is 0.500. The van der Waals surface area contributed by atoms with Gasteiger partial charge in [0.25, 0.3) is 0 Å². The van der Waals surface area contributed by atoms with Crippen LogP contribution < -0.4 is 10.6 Å². The first-order valence-corrected chi connectivity index (χ1v) is 9.65. The highest BCUT2D eigenvalue weighted by Crippen LogP contribution is 2.17. The zero-order valence-corrected chi connectivity index (χ0v) is 19.0. The maximum absolute atomic E-state index is 11.4. The number of piperazine rings is 1. The number of benzene rings is 1. The van der Waals surface area contributed by atoms with E-state index < -0.39 is 0 Å². The van der Waals surface area contributed by atoms with Crippen molar-refractivity contribution < 1.29 is 4.79 Å². The molecule has 0 atom stereocenters. The molecule has 1 aliphatic heterocycles. The van der Waals surface area contributed by atoms with Gasteiger partial charge in [-0.15, -0.1) is 24.0 Å². The van der Waals surface area contributed by atoms with Gasteiger partial charge in [0.05, 0.1) is 0 Å². The summed E-state index contributed by atoms with van der Waals surface area (Å²) in [4.78, 5) is 23.3. The van der Waals surface area contributed by atoms with Crippen LogP contribution in [0.1, 0.15) is 12.5 Å². The molecule has 1 aromatic carbocycles. The van der Waals surface area contributed by atoms with Gasteiger partial charge >= 0.3 is 0 Å². The van der Waals surface area contributed by atoms with Crippen LogP contribution >= 0.6 is 24.0 Å². The summed E-state index contributed by atoms with van der Waals surface area (Å²) in [6, 6.07) is 8.37. The van der Waals surface area contributed by atoms with Crippen molar-refractivity contribution in [1.82, 2.24) is 25.4 Å². The van der Waals surface area contributed by atoms with E-state index in [2.05, 4.69) is 49.9 Å². The maximum Gasteiger partial charge on any atom is 0.219 e. The summed E-state index contributed by atoms with van der Waals surface area (Å²) in [5, 5.41) is 8.05. The Balaban J connectivity index is 0.00000280. The molecule has 7 nitrogen and oxygen atoms in total. The first kappa shape index (κ1) is 22.5. The Bertz CT molecular complexity index is 782. The van der Waals surface area contributed by atoms with E-state index in [0.717, 1.165) is 58.2 Å². The number of rotatable bonds is 6. The third-order valence-electron chi connectivity index (χ3n) is 5.12. The molecule has 1 saturated heterocycles. The summed E-state index contributed by atoms with van der Waals surface area (Å²) in [5.74, 6) is 1.00. The molecule has 28 heavy (non-hydrogen) atoms. The Kier molecular flexibility index (Phi) is 9.04. The van der Waals surface area contributed by atoms with Crippen LogP contribution in [0.3, 0.4) is 0 Å². The number of nitrogens with one attached hydrogen (secondary N) is 3. The van der Waals surface area contributed by atoms with Gasteiger partial charge in [-0.2, -0.15) is 0 Å². The minimum atomic E-state index is 0. The van der Waals surface area contributed by atoms with Crippen LogP contribution in [-0.2, 0) is 11.2 Å². The molecule has 3 rings (SSSR count). The van der Waals surface area contributed by atoms with Crippen molar-refractivity contribution in [1.29, 1.82) is 0 Å². The van der Waals surface area contributed by atoms with Crippen LogP contribution in [0.5, 0.6) is 0 Å². The van der Waals surface area contributed by atoms with E-state index in [1.807, 2.05) is 11.0 Å². The molecule has 1 aliphatic rings. The number of aromatic amines is 1. The van der Waals surface area contributed by atoms with Crippen molar-refractivity contribution in [3.63, 3.8) is 0 Å². The van der Waals surface area contributed by atoms with Gasteiger partial charge < -0.3 is 20.5 Å². The number of hydrogen-bond acceptors (Lipinski definition) is 3. The number of aromatic nitrogens is 1. The van der Waals surface area contributed by atoms with Crippen LogP contribution in [0, 0.1) is 0 Å². The highest BCUT2D eigenvalue weighted by Gasteiger charge is 2.17. The molecule has 1 amide bonds. The largest absolute Gasteiger partial charge is 0.361 e. The van der Waals surface area contributed by atoms with Crippen LogP contribution in [0.4, 0.5) is 0 Å². The monoisotopic (exact) mass is 498 g/mol. The molecule has 1 aromatic heterocycles. The highest BCUT2D eigenvalue weighted by atomic mass is 127. The van der Waals surface area contributed by atoms with E-state index >= 15 is 0 Å². The molecule has 0 radical (unpaired) electrons. The van der Waals surface area contributed by atoms with Crippen molar-refractivity contribution >= 4 is 46.7 Å². The Labute approximate surface area is 184 Å². The summed E-state index contributed by atoms with van der Waals surface area (Å²) in [6.07, 6.45) is 3.03. The van der Waals surface area contributed by atoms with E-state index in [4.69, 9.17) is 0 Å². The average Bonchev–Trinajstić information content (AvgIpc) is 3.10. The minimum Gasteiger partial charge on any atom is -0.361 e. The van der Waals surface area contributed by atoms with Gasteiger partial charge in [0, 0.05) is 76.9 Å². The fourth-order valence-electron chi connectivity index (χ4n) is 3.49. The number of guanidine groups is 1. The maximum atomic E-state index is 11.4. The van der Waals surface area contributed by atoms with Crippen molar-refractivity contribution in [2.24, 2.45) is 4.99 Å². The average molecular weight is 498 g/mol. The number of H-pyrrole nitrogens is 1. The van der Waals surface area contributed by atoms with E-state index in [0.29, 0.717) is 0 Å². The molecule has 8 heteroatoms. The standard InChI is InChI=1S/C20H30N6O.HI/c1-16(27)26-13-11-25(12-14-26)10-9-23-20(21-2)22-8-7-17-15-24-19-6-4-3-5-18(17)19;/h3-6,15,24H,7-14H2,1-2H3,(H2,21,22,23);1H. The molecule has 1 fully saturated rings. The van der Waals surface area contributed by atoms with Crippen LogP contribution in [0.15, 0.2) is 35.5 Å². The normalized spacial score (nSPS) is 15.4. The van der Waals surface area contributed by atoms with Crippen LogP contribution in [-0.4, -0.2) is 79.5 Å². The SMILES string of the molecule is CN=C(NCCc1c[nH]c2ccccc12)NCCN1CCN(C(C)=O)CC1.I. The van der Waals surface area contributed by atoms with Crippen molar-refractivity contribution in [3.8, 4) is 0 Å². The van der Waals surface area contributed by atoms with Gasteiger partial charge in [0.1, 0.15) is 0 Å². The lowest BCUT2D eigenvalue weighted by molar-refractivity contribution is -0.130. The van der Waals surface area contributed by atoms with Gasteiger partial charge in [0.15, 0.2) is 5.96 Å². The van der Waals surface area contributed by atoms with Gasteiger partial charge in [0.2, 0.25) is 5.91 Å². The molecule has 3 N–H and O–H groups in total. The summed E-state index contributed by atoms with van der Waals surface area (Å²) in [5.41, 5.74) is 2.50. The summed E-state index contributed by atoms with van der Waals surface area (Å²) < 4.78 is 0. The first-order chi connectivity index (χ1) is 13.2. The molecular formula is C20H31IN6O. The predicted molar refractivity (Wildman–Crippen MR) is 125 cm³/mol. The van der Waals surface area contributed by atoms with Gasteiger partial charge in [-0.3, -0.25) is 14.7 Å². The molecule has 2 heterocycles. The third-order valence-corrected chi connectivity index (χ3v) is 5.12. The smallest absolute Gasteiger partial charge is 0.219 e. The molecule has 0 bridgehead atoms. The molecule has 0 spiro atoms. The second kappa shape index (κ2) is 11.3. The third kappa shape index (κ3) is 6.10. The fourth-order valence-corrected chi connectivity index (χ4v) is 3.49.